The van der Waals surface area contributed by atoms with Gasteiger partial charge < -0.3 is 15.2 Å². The lowest BCUT2D eigenvalue weighted by atomic mass is 9.95. The Balaban J connectivity index is 1.57. The van der Waals surface area contributed by atoms with Gasteiger partial charge in [0.05, 0.1) is 11.1 Å². The zero-order chi connectivity index (χ0) is 22.3. The fourth-order valence-corrected chi connectivity index (χ4v) is 4.10. The minimum atomic E-state index is -0.977. The first-order chi connectivity index (χ1) is 15.6. The quantitative estimate of drug-likeness (QED) is 0.490. The summed E-state index contributed by atoms with van der Waals surface area (Å²) in [7, 11) is 0. The molecular formula is C27H27NO4. The number of benzene rings is 3. The van der Waals surface area contributed by atoms with Crippen molar-refractivity contribution in [3.63, 3.8) is 0 Å². The first-order valence-corrected chi connectivity index (χ1v) is 11.1. The van der Waals surface area contributed by atoms with Gasteiger partial charge in [-0.2, -0.15) is 0 Å². The number of ether oxygens (including phenoxy) is 1. The molecule has 164 valence electrons. The molecule has 1 amide bonds. The van der Waals surface area contributed by atoms with Crippen molar-refractivity contribution in [1.82, 2.24) is 5.32 Å². The van der Waals surface area contributed by atoms with E-state index in [0.717, 1.165) is 47.8 Å². The lowest BCUT2D eigenvalue weighted by Gasteiger charge is -2.23. The van der Waals surface area contributed by atoms with Crippen molar-refractivity contribution >= 4 is 28.7 Å². The van der Waals surface area contributed by atoms with Gasteiger partial charge in [0, 0.05) is 11.4 Å². The smallest absolute Gasteiger partial charge is 0.335 e. The van der Waals surface area contributed by atoms with Crippen LogP contribution in [0.25, 0.3) is 16.8 Å². The zero-order valence-corrected chi connectivity index (χ0v) is 17.9. The van der Waals surface area contributed by atoms with Gasteiger partial charge in [-0.05, 0) is 48.1 Å². The number of nitrogens with one attached hydrogen (secondary N) is 1. The first-order valence-electron chi connectivity index (χ1n) is 11.1. The summed E-state index contributed by atoms with van der Waals surface area (Å²) in [4.78, 5) is 24.3. The number of hydrogen-bond donors (Lipinski definition) is 2. The van der Waals surface area contributed by atoms with Gasteiger partial charge in [0.25, 0.3) is 5.91 Å². The molecule has 0 radical (unpaired) electrons. The Bertz CT molecular complexity index is 1120. The average molecular weight is 430 g/mol. The SMILES string of the molecule is O=C(NC1CCCCC1)C(=Cc1ccc(C(=O)O)cc1)COc1cccc2ccccc12. The van der Waals surface area contributed by atoms with E-state index in [4.69, 9.17) is 9.84 Å². The predicted molar refractivity (Wildman–Crippen MR) is 126 cm³/mol. The molecule has 2 N–H and O–H groups in total. The van der Waals surface area contributed by atoms with E-state index in [2.05, 4.69) is 5.32 Å². The van der Waals surface area contributed by atoms with Crippen molar-refractivity contribution in [2.45, 2.75) is 38.1 Å². The van der Waals surface area contributed by atoms with Gasteiger partial charge in [0.1, 0.15) is 12.4 Å². The third kappa shape index (κ3) is 5.35. The predicted octanol–water partition coefficient (Wildman–Crippen LogP) is 5.45. The summed E-state index contributed by atoms with van der Waals surface area (Å²) in [5, 5.41) is 14.4. The van der Waals surface area contributed by atoms with E-state index < -0.39 is 5.97 Å². The number of carbonyl (C=O) groups is 2. The lowest BCUT2D eigenvalue weighted by Crippen LogP contribution is -2.38. The molecule has 1 aliphatic rings. The van der Waals surface area contributed by atoms with Crippen LogP contribution in [0.5, 0.6) is 5.75 Å². The Morgan fingerprint density at radius 3 is 2.41 bits per heavy atom. The molecule has 0 aromatic heterocycles. The normalized spacial score (nSPS) is 14.8. The van der Waals surface area contributed by atoms with Crippen molar-refractivity contribution in [2.24, 2.45) is 0 Å². The molecule has 1 aliphatic carbocycles. The molecular weight excluding hydrogens is 402 g/mol. The molecule has 0 heterocycles. The van der Waals surface area contributed by atoms with E-state index in [0.29, 0.717) is 5.57 Å². The van der Waals surface area contributed by atoms with E-state index in [9.17, 15) is 9.59 Å². The molecule has 4 rings (SSSR count). The second-order valence-corrected chi connectivity index (χ2v) is 8.17. The highest BCUT2D eigenvalue weighted by atomic mass is 16.5. The summed E-state index contributed by atoms with van der Waals surface area (Å²) in [6, 6.07) is 20.5. The van der Waals surface area contributed by atoms with Crippen LogP contribution in [0.4, 0.5) is 0 Å². The minimum Gasteiger partial charge on any atom is -0.488 e. The standard InChI is InChI=1S/C27H27NO4/c29-26(28-23-9-2-1-3-10-23)22(17-19-13-15-21(16-14-19)27(30)31)18-32-25-12-6-8-20-7-4-5-11-24(20)25/h4-8,11-17,23H,1-3,9-10,18H2,(H,28,29)(H,30,31). The van der Waals surface area contributed by atoms with Gasteiger partial charge in [-0.15, -0.1) is 0 Å². The number of fused-ring (bicyclic) bond motifs is 1. The summed E-state index contributed by atoms with van der Waals surface area (Å²) < 4.78 is 6.10. The summed E-state index contributed by atoms with van der Waals surface area (Å²) in [5.74, 6) is -0.393. The molecule has 3 aromatic rings. The highest BCUT2D eigenvalue weighted by Crippen LogP contribution is 2.26. The molecule has 5 nitrogen and oxygen atoms in total. The van der Waals surface area contributed by atoms with Crippen LogP contribution in [0.1, 0.15) is 48.0 Å². The van der Waals surface area contributed by atoms with Crippen LogP contribution in [0.2, 0.25) is 0 Å². The van der Waals surface area contributed by atoms with Crippen LogP contribution < -0.4 is 10.1 Å². The topological polar surface area (TPSA) is 75.6 Å². The maximum Gasteiger partial charge on any atom is 0.335 e. The highest BCUT2D eigenvalue weighted by molar-refractivity contribution is 5.98. The number of amides is 1. The van der Waals surface area contributed by atoms with Gasteiger partial charge in [0.15, 0.2) is 0 Å². The van der Waals surface area contributed by atoms with Crippen LogP contribution in [0.15, 0.2) is 72.3 Å². The Labute approximate surface area is 187 Å². The number of rotatable bonds is 7. The number of aromatic carboxylic acids is 1. The molecule has 1 fully saturated rings. The fraction of sp³-hybridized carbons (Fsp3) is 0.259. The summed E-state index contributed by atoms with van der Waals surface area (Å²) >= 11 is 0. The third-order valence-corrected chi connectivity index (χ3v) is 5.86. The summed E-state index contributed by atoms with van der Waals surface area (Å²) in [6.45, 7) is 0.118. The Hall–Kier alpha value is -3.60. The van der Waals surface area contributed by atoms with E-state index in [1.54, 1.807) is 18.2 Å². The van der Waals surface area contributed by atoms with Crippen LogP contribution >= 0.6 is 0 Å². The number of carboxylic acids is 1. The molecule has 0 unspecified atom stereocenters. The van der Waals surface area contributed by atoms with Crippen LogP contribution in [-0.2, 0) is 4.79 Å². The fourth-order valence-electron chi connectivity index (χ4n) is 4.10. The van der Waals surface area contributed by atoms with E-state index >= 15 is 0 Å². The first kappa shape index (κ1) is 21.6. The Morgan fingerprint density at radius 2 is 1.66 bits per heavy atom. The third-order valence-electron chi connectivity index (χ3n) is 5.86. The highest BCUT2D eigenvalue weighted by Gasteiger charge is 2.19. The molecule has 32 heavy (non-hydrogen) atoms. The monoisotopic (exact) mass is 429 g/mol. The van der Waals surface area contributed by atoms with Gasteiger partial charge in [0.2, 0.25) is 0 Å². The van der Waals surface area contributed by atoms with Gasteiger partial charge in [-0.3, -0.25) is 4.79 Å². The largest absolute Gasteiger partial charge is 0.488 e. The van der Waals surface area contributed by atoms with Crippen molar-refractivity contribution < 1.29 is 19.4 Å². The average Bonchev–Trinajstić information content (AvgIpc) is 2.82. The molecule has 5 heteroatoms. The number of carboxylic acid groups (broad SMARTS) is 1. The maximum absolute atomic E-state index is 13.1. The molecule has 0 aliphatic heterocycles. The summed E-state index contributed by atoms with van der Waals surface area (Å²) in [5.41, 5.74) is 1.47. The second-order valence-electron chi connectivity index (χ2n) is 8.17. The zero-order valence-electron chi connectivity index (χ0n) is 17.9. The van der Waals surface area contributed by atoms with Gasteiger partial charge in [-0.25, -0.2) is 4.79 Å². The van der Waals surface area contributed by atoms with Crippen LogP contribution in [0, 0.1) is 0 Å². The Kier molecular flexibility index (Phi) is 6.85. The number of carbonyl (C=O) groups excluding carboxylic acids is 1. The maximum atomic E-state index is 13.1. The molecule has 3 aromatic carbocycles. The van der Waals surface area contributed by atoms with Crippen molar-refractivity contribution in [3.05, 3.63) is 83.4 Å². The summed E-state index contributed by atoms with van der Waals surface area (Å²) in [6.07, 6.45) is 7.25. The Morgan fingerprint density at radius 1 is 0.938 bits per heavy atom. The molecule has 0 spiro atoms. The van der Waals surface area contributed by atoms with E-state index in [1.165, 1.54) is 18.6 Å². The van der Waals surface area contributed by atoms with Crippen molar-refractivity contribution in [3.8, 4) is 5.75 Å². The lowest BCUT2D eigenvalue weighted by molar-refractivity contribution is -0.118. The second kappa shape index (κ2) is 10.1. The van der Waals surface area contributed by atoms with Gasteiger partial charge >= 0.3 is 5.97 Å². The minimum absolute atomic E-state index is 0.118. The molecule has 0 bridgehead atoms. The van der Waals surface area contributed by atoms with E-state index in [-0.39, 0.29) is 24.1 Å². The van der Waals surface area contributed by atoms with Crippen molar-refractivity contribution in [2.75, 3.05) is 6.61 Å². The van der Waals surface area contributed by atoms with E-state index in [1.807, 2.05) is 42.5 Å². The molecule has 0 saturated heterocycles. The molecule has 0 atom stereocenters. The van der Waals surface area contributed by atoms with Gasteiger partial charge in [-0.1, -0.05) is 67.8 Å². The van der Waals surface area contributed by atoms with Crippen LogP contribution in [0.3, 0.4) is 0 Å². The van der Waals surface area contributed by atoms with Crippen LogP contribution in [-0.4, -0.2) is 29.6 Å². The molecule has 1 saturated carbocycles. The van der Waals surface area contributed by atoms with Crippen molar-refractivity contribution in [1.29, 1.82) is 0 Å². The number of hydrogen-bond acceptors (Lipinski definition) is 3.